The zero-order chi connectivity index (χ0) is 18.1. The molecule has 1 atom stereocenters. The van der Waals surface area contributed by atoms with Crippen molar-refractivity contribution >= 4 is 11.8 Å². The highest BCUT2D eigenvalue weighted by molar-refractivity contribution is 5.86. The van der Waals surface area contributed by atoms with E-state index < -0.39 is 0 Å². The molecule has 2 amide bonds. The van der Waals surface area contributed by atoms with Crippen LogP contribution < -0.4 is 0 Å². The molecule has 0 radical (unpaired) electrons. The van der Waals surface area contributed by atoms with E-state index in [0.29, 0.717) is 12.5 Å². The third-order valence-electron chi connectivity index (χ3n) is 6.17. The molecule has 1 aliphatic carbocycles. The predicted octanol–water partition coefficient (Wildman–Crippen LogP) is 2.15. The van der Waals surface area contributed by atoms with E-state index >= 15 is 0 Å². The van der Waals surface area contributed by atoms with Crippen LogP contribution in [0.3, 0.4) is 0 Å². The third-order valence-corrected chi connectivity index (χ3v) is 6.17. The lowest BCUT2D eigenvalue weighted by Gasteiger charge is -2.27. The molecular weight excluding hydrogens is 328 g/mol. The molecule has 26 heavy (non-hydrogen) atoms. The summed E-state index contributed by atoms with van der Waals surface area (Å²) in [6, 6.07) is 0.298. The fourth-order valence-electron chi connectivity index (χ4n) is 4.40. The molecule has 3 fully saturated rings. The van der Waals surface area contributed by atoms with Gasteiger partial charge in [0.15, 0.2) is 0 Å². The van der Waals surface area contributed by atoms with E-state index in [9.17, 15) is 9.59 Å². The van der Waals surface area contributed by atoms with Crippen LogP contribution in [0.2, 0.25) is 0 Å². The van der Waals surface area contributed by atoms with Crippen molar-refractivity contribution in [2.24, 2.45) is 5.92 Å². The second-order valence-corrected chi connectivity index (χ2v) is 8.21. The van der Waals surface area contributed by atoms with Crippen LogP contribution in [0.4, 0.5) is 0 Å². The van der Waals surface area contributed by atoms with E-state index in [2.05, 4.69) is 16.5 Å². The second-order valence-electron chi connectivity index (χ2n) is 8.21. The molecule has 0 N–H and O–H groups in total. The van der Waals surface area contributed by atoms with Crippen LogP contribution in [-0.4, -0.2) is 56.8 Å². The number of rotatable bonds is 7. The Morgan fingerprint density at radius 2 is 2.08 bits per heavy atom. The summed E-state index contributed by atoms with van der Waals surface area (Å²) in [6.07, 6.45) is 10.2. The van der Waals surface area contributed by atoms with Gasteiger partial charge in [0, 0.05) is 50.4 Å². The van der Waals surface area contributed by atoms with Crippen molar-refractivity contribution in [2.75, 3.05) is 19.6 Å². The summed E-state index contributed by atoms with van der Waals surface area (Å²) in [5.41, 5.74) is 1.25. The summed E-state index contributed by atoms with van der Waals surface area (Å²) in [6.45, 7) is 5.08. The van der Waals surface area contributed by atoms with Gasteiger partial charge in [-0.1, -0.05) is 0 Å². The molecule has 0 aromatic carbocycles. The number of imidazole rings is 1. The van der Waals surface area contributed by atoms with Crippen LogP contribution in [0.15, 0.2) is 6.20 Å². The van der Waals surface area contributed by atoms with Crippen molar-refractivity contribution < 1.29 is 9.59 Å². The fraction of sp³-hybridized carbons (Fsp3) is 0.750. The van der Waals surface area contributed by atoms with E-state index in [4.69, 9.17) is 0 Å². The van der Waals surface area contributed by atoms with Gasteiger partial charge in [0.25, 0.3) is 0 Å². The third kappa shape index (κ3) is 3.79. The van der Waals surface area contributed by atoms with E-state index in [1.54, 1.807) is 4.90 Å². The first-order valence-electron chi connectivity index (χ1n) is 10.2. The van der Waals surface area contributed by atoms with Crippen LogP contribution in [0.5, 0.6) is 0 Å². The topological polar surface area (TPSA) is 58.4 Å². The number of hydrogen-bond donors (Lipinski definition) is 0. The minimum absolute atomic E-state index is 0.125. The van der Waals surface area contributed by atoms with Crippen molar-refractivity contribution in [1.82, 2.24) is 19.4 Å². The van der Waals surface area contributed by atoms with Gasteiger partial charge in [-0.05, 0) is 51.4 Å². The fourth-order valence-corrected chi connectivity index (χ4v) is 4.40. The molecule has 142 valence electrons. The summed E-state index contributed by atoms with van der Waals surface area (Å²) >= 11 is 0. The van der Waals surface area contributed by atoms with Gasteiger partial charge in [-0.2, -0.15) is 0 Å². The smallest absolute Gasteiger partial charge is 0.242 e. The van der Waals surface area contributed by atoms with Crippen LogP contribution in [0, 0.1) is 12.8 Å². The molecule has 0 unspecified atom stereocenters. The van der Waals surface area contributed by atoms with Crippen molar-refractivity contribution in [1.29, 1.82) is 0 Å². The van der Waals surface area contributed by atoms with Gasteiger partial charge in [0.2, 0.25) is 11.8 Å². The van der Waals surface area contributed by atoms with E-state index in [1.807, 2.05) is 11.1 Å². The van der Waals surface area contributed by atoms with Gasteiger partial charge >= 0.3 is 0 Å². The number of aryl methyl sites for hydroxylation is 2. The lowest BCUT2D eigenvalue weighted by Crippen LogP contribution is -2.43. The first-order chi connectivity index (χ1) is 12.6. The van der Waals surface area contributed by atoms with Gasteiger partial charge in [0.05, 0.1) is 6.54 Å². The number of carbonyl (C=O) groups excluding carboxylic acids is 2. The van der Waals surface area contributed by atoms with Crippen molar-refractivity contribution in [3.63, 3.8) is 0 Å². The standard InChI is InChI=1S/C20H30N4O2/c1-15-12-21-18(24(15)13-16-6-7-16)9-8-17-4-2-11-23(17)20(26)14-22-10-3-5-19(22)25/h12,16-17H,2-11,13-14H2,1H3/t17-/m1/s1. The molecule has 2 aliphatic heterocycles. The minimum atomic E-state index is 0.125. The van der Waals surface area contributed by atoms with Crippen molar-refractivity contribution in [3.05, 3.63) is 17.7 Å². The molecule has 6 nitrogen and oxygen atoms in total. The lowest BCUT2D eigenvalue weighted by atomic mass is 10.1. The number of hydrogen-bond acceptors (Lipinski definition) is 3. The van der Waals surface area contributed by atoms with Crippen LogP contribution >= 0.6 is 0 Å². The molecule has 1 aromatic rings. The Bertz CT molecular complexity index is 679. The number of carbonyl (C=O) groups is 2. The predicted molar refractivity (Wildman–Crippen MR) is 98.6 cm³/mol. The maximum absolute atomic E-state index is 12.7. The Labute approximate surface area is 155 Å². The maximum Gasteiger partial charge on any atom is 0.242 e. The Hall–Kier alpha value is -1.85. The SMILES string of the molecule is Cc1cnc(CC[C@H]2CCCN2C(=O)CN2CCCC2=O)n1CC1CC1. The molecule has 4 rings (SSSR count). The van der Waals surface area contributed by atoms with E-state index in [0.717, 1.165) is 57.7 Å². The maximum atomic E-state index is 12.7. The quantitative estimate of drug-likeness (QED) is 0.750. The van der Waals surface area contributed by atoms with Gasteiger partial charge in [-0.15, -0.1) is 0 Å². The molecule has 0 bridgehead atoms. The number of nitrogens with zero attached hydrogens (tertiary/aromatic N) is 4. The van der Waals surface area contributed by atoms with Crippen LogP contribution in [-0.2, 0) is 22.6 Å². The van der Waals surface area contributed by atoms with Gasteiger partial charge in [-0.3, -0.25) is 9.59 Å². The monoisotopic (exact) mass is 358 g/mol. The molecule has 2 saturated heterocycles. The molecular formula is C20H30N4O2. The largest absolute Gasteiger partial charge is 0.338 e. The highest BCUT2D eigenvalue weighted by Crippen LogP contribution is 2.32. The minimum Gasteiger partial charge on any atom is -0.338 e. The summed E-state index contributed by atoms with van der Waals surface area (Å²) in [4.78, 5) is 32.9. The van der Waals surface area contributed by atoms with Crippen molar-refractivity contribution in [3.8, 4) is 0 Å². The first kappa shape index (κ1) is 17.6. The molecule has 0 spiro atoms. The highest BCUT2D eigenvalue weighted by Gasteiger charge is 2.32. The molecule has 6 heteroatoms. The van der Waals surface area contributed by atoms with Gasteiger partial charge in [-0.25, -0.2) is 4.98 Å². The normalized spacial score (nSPS) is 23.3. The van der Waals surface area contributed by atoms with E-state index in [1.165, 1.54) is 24.4 Å². The zero-order valence-electron chi connectivity index (χ0n) is 15.8. The Morgan fingerprint density at radius 1 is 1.23 bits per heavy atom. The van der Waals surface area contributed by atoms with Crippen LogP contribution in [0.25, 0.3) is 0 Å². The molecule has 3 heterocycles. The molecule has 3 aliphatic rings. The molecule has 1 saturated carbocycles. The first-order valence-corrected chi connectivity index (χ1v) is 10.2. The second kappa shape index (κ2) is 7.41. The molecule has 1 aromatic heterocycles. The van der Waals surface area contributed by atoms with E-state index in [-0.39, 0.29) is 18.4 Å². The number of likely N-dealkylation sites (tertiary alicyclic amines) is 2. The van der Waals surface area contributed by atoms with Crippen LogP contribution in [0.1, 0.15) is 56.5 Å². The lowest BCUT2D eigenvalue weighted by molar-refractivity contribution is -0.139. The average molecular weight is 358 g/mol. The Kier molecular flexibility index (Phi) is 5.00. The summed E-state index contributed by atoms with van der Waals surface area (Å²) < 4.78 is 2.38. The number of aromatic nitrogens is 2. The van der Waals surface area contributed by atoms with Gasteiger partial charge < -0.3 is 14.4 Å². The Balaban J connectivity index is 1.34. The average Bonchev–Trinajstić information content (AvgIpc) is 2.98. The Morgan fingerprint density at radius 3 is 2.81 bits per heavy atom. The van der Waals surface area contributed by atoms with Crippen molar-refractivity contribution in [2.45, 2.75) is 70.9 Å². The zero-order valence-corrected chi connectivity index (χ0v) is 15.8. The van der Waals surface area contributed by atoms with Gasteiger partial charge in [0.1, 0.15) is 5.82 Å². The summed E-state index contributed by atoms with van der Waals surface area (Å²) in [5, 5.41) is 0. The highest BCUT2D eigenvalue weighted by atomic mass is 16.2. The summed E-state index contributed by atoms with van der Waals surface area (Å²) in [5.74, 6) is 2.26. The summed E-state index contributed by atoms with van der Waals surface area (Å²) in [7, 11) is 0. The number of amides is 2.